The predicted octanol–water partition coefficient (Wildman–Crippen LogP) is 4.34. The van der Waals surface area contributed by atoms with Crippen LogP contribution in [-0.4, -0.2) is 27.0 Å². The normalized spacial score (nSPS) is 10.5. The molecule has 8 nitrogen and oxygen atoms in total. The number of carbonyl (C=O) groups excluding carboxylic acids is 1. The molecule has 2 rings (SSSR count). The SMILES string of the molecule is O=C(/C=C/c1cccc([N+](=O)[O-])c1)NC(=S)Nc1c(Br)cc(Br)cc1C(=O)O. The Bertz CT molecular complexity index is 1010. The number of benzene rings is 2. The molecule has 0 saturated heterocycles. The van der Waals surface area contributed by atoms with E-state index in [9.17, 15) is 24.8 Å². The molecule has 0 saturated carbocycles. The fourth-order valence-electron chi connectivity index (χ4n) is 2.08. The molecule has 0 aliphatic heterocycles. The van der Waals surface area contributed by atoms with Crippen molar-refractivity contribution >= 4 is 78.5 Å². The summed E-state index contributed by atoms with van der Waals surface area (Å²) in [5, 5.41) is 25.0. The molecule has 0 atom stereocenters. The Morgan fingerprint density at radius 1 is 1.21 bits per heavy atom. The second-order valence-corrected chi connectivity index (χ2v) is 7.42. The Morgan fingerprint density at radius 2 is 1.93 bits per heavy atom. The summed E-state index contributed by atoms with van der Waals surface area (Å²) in [6, 6.07) is 8.78. The molecule has 0 aliphatic carbocycles. The van der Waals surface area contributed by atoms with Crippen LogP contribution in [0.3, 0.4) is 0 Å². The van der Waals surface area contributed by atoms with Gasteiger partial charge in [0.1, 0.15) is 0 Å². The summed E-state index contributed by atoms with van der Waals surface area (Å²) < 4.78 is 0.986. The highest BCUT2D eigenvalue weighted by Gasteiger charge is 2.16. The average molecular weight is 529 g/mol. The molecule has 0 spiro atoms. The highest BCUT2D eigenvalue weighted by atomic mass is 79.9. The summed E-state index contributed by atoms with van der Waals surface area (Å²) in [5.74, 6) is -1.77. The van der Waals surface area contributed by atoms with Crippen molar-refractivity contribution in [1.29, 1.82) is 0 Å². The third kappa shape index (κ3) is 5.94. The van der Waals surface area contributed by atoms with Gasteiger partial charge in [0.05, 0.1) is 16.2 Å². The Hall–Kier alpha value is -2.63. The van der Waals surface area contributed by atoms with Gasteiger partial charge in [-0.25, -0.2) is 4.79 Å². The van der Waals surface area contributed by atoms with Gasteiger partial charge in [-0.3, -0.25) is 20.2 Å². The number of rotatable bonds is 5. The van der Waals surface area contributed by atoms with E-state index >= 15 is 0 Å². The second kappa shape index (κ2) is 9.53. The molecule has 0 unspecified atom stereocenters. The Labute approximate surface area is 181 Å². The van der Waals surface area contributed by atoms with Gasteiger partial charge >= 0.3 is 5.97 Å². The van der Waals surface area contributed by atoms with Crippen LogP contribution in [0.15, 0.2) is 51.4 Å². The zero-order chi connectivity index (χ0) is 20.8. The number of halogens is 2. The summed E-state index contributed by atoms with van der Waals surface area (Å²) >= 11 is 11.5. The van der Waals surface area contributed by atoms with Crippen molar-refractivity contribution in [2.45, 2.75) is 0 Å². The number of carboxylic acid groups (broad SMARTS) is 1. The minimum absolute atomic E-state index is 0.0509. The Balaban J connectivity index is 2.08. The molecule has 0 aromatic heterocycles. The third-order valence-electron chi connectivity index (χ3n) is 3.27. The van der Waals surface area contributed by atoms with Gasteiger partial charge in [-0.15, -0.1) is 0 Å². The van der Waals surface area contributed by atoms with Crippen molar-refractivity contribution < 1.29 is 19.6 Å². The number of carboxylic acids is 1. The number of aromatic carboxylic acids is 1. The van der Waals surface area contributed by atoms with Crippen LogP contribution in [0.25, 0.3) is 6.08 Å². The van der Waals surface area contributed by atoms with Gasteiger partial charge in [0.25, 0.3) is 5.69 Å². The van der Waals surface area contributed by atoms with E-state index in [4.69, 9.17) is 12.2 Å². The summed E-state index contributed by atoms with van der Waals surface area (Å²) in [6.07, 6.45) is 2.55. The molecule has 11 heteroatoms. The van der Waals surface area contributed by atoms with Crippen LogP contribution in [0.4, 0.5) is 11.4 Å². The molecule has 2 aromatic carbocycles. The van der Waals surface area contributed by atoms with Gasteiger partial charge in [0.15, 0.2) is 5.11 Å². The summed E-state index contributed by atoms with van der Waals surface area (Å²) in [4.78, 5) is 33.6. The van der Waals surface area contributed by atoms with E-state index in [-0.39, 0.29) is 22.1 Å². The number of nitrogens with one attached hydrogen (secondary N) is 2. The van der Waals surface area contributed by atoms with E-state index in [0.717, 1.165) is 6.08 Å². The minimum atomic E-state index is -1.18. The van der Waals surface area contributed by atoms with Crippen LogP contribution in [0.2, 0.25) is 0 Å². The predicted molar refractivity (Wildman–Crippen MR) is 115 cm³/mol. The molecule has 0 aliphatic rings. The Morgan fingerprint density at radius 3 is 2.57 bits per heavy atom. The molecule has 0 radical (unpaired) electrons. The van der Waals surface area contributed by atoms with Crippen molar-refractivity contribution in [3.8, 4) is 0 Å². The topological polar surface area (TPSA) is 122 Å². The molecule has 28 heavy (non-hydrogen) atoms. The van der Waals surface area contributed by atoms with Gasteiger partial charge < -0.3 is 10.4 Å². The van der Waals surface area contributed by atoms with Crippen LogP contribution in [0, 0.1) is 10.1 Å². The van der Waals surface area contributed by atoms with Crippen molar-refractivity contribution in [3.63, 3.8) is 0 Å². The molecule has 3 N–H and O–H groups in total. The molecule has 0 heterocycles. The molecular weight excluding hydrogens is 518 g/mol. The van der Waals surface area contributed by atoms with Crippen LogP contribution in [0.1, 0.15) is 15.9 Å². The quantitative estimate of drug-likeness (QED) is 0.228. The molecule has 144 valence electrons. The van der Waals surface area contributed by atoms with Gasteiger partial charge in [0.2, 0.25) is 5.91 Å². The van der Waals surface area contributed by atoms with Crippen LogP contribution in [-0.2, 0) is 4.79 Å². The number of hydrogen-bond acceptors (Lipinski definition) is 5. The Kier molecular flexibility index (Phi) is 7.38. The van der Waals surface area contributed by atoms with E-state index in [1.54, 1.807) is 12.1 Å². The number of thiocarbonyl (C=S) groups is 1. The lowest BCUT2D eigenvalue weighted by molar-refractivity contribution is -0.384. The van der Waals surface area contributed by atoms with Crippen molar-refractivity contribution in [1.82, 2.24) is 5.32 Å². The van der Waals surface area contributed by atoms with Crippen molar-refractivity contribution in [2.75, 3.05) is 5.32 Å². The zero-order valence-corrected chi connectivity index (χ0v) is 17.8. The standard InChI is InChI=1S/C17H11Br2N3O5S/c18-10-7-12(16(24)25)15(13(19)8-10)21-17(28)20-14(23)5-4-9-2-1-3-11(6-9)22(26)27/h1-8H,(H,24,25)(H2,20,21,23,28)/b5-4+. The number of hydrogen-bond donors (Lipinski definition) is 3. The maximum atomic E-state index is 12.0. The fourth-order valence-corrected chi connectivity index (χ4v) is 3.61. The van der Waals surface area contributed by atoms with Gasteiger partial charge in [0, 0.05) is 27.2 Å². The van der Waals surface area contributed by atoms with E-state index in [0.29, 0.717) is 14.5 Å². The van der Waals surface area contributed by atoms with Crippen LogP contribution >= 0.6 is 44.1 Å². The monoisotopic (exact) mass is 527 g/mol. The van der Waals surface area contributed by atoms with Crippen molar-refractivity contribution in [3.05, 3.63) is 72.7 Å². The van der Waals surface area contributed by atoms with Gasteiger partial charge in [-0.05, 0) is 51.9 Å². The first-order valence-corrected chi connectivity index (χ1v) is 9.43. The molecular formula is C17H11Br2N3O5S. The number of amides is 1. The second-order valence-electron chi connectivity index (χ2n) is 5.24. The van der Waals surface area contributed by atoms with Gasteiger partial charge in [-0.2, -0.15) is 0 Å². The number of non-ortho nitro benzene ring substituents is 1. The zero-order valence-electron chi connectivity index (χ0n) is 13.8. The molecule has 1 amide bonds. The van der Waals surface area contributed by atoms with E-state index < -0.39 is 16.8 Å². The first-order valence-electron chi connectivity index (χ1n) is 7.44. The lowest BCUT2D eigenvalue weighted by Gasteiger charge is -2.13. The number of nitro groups is 1. The molecule has 0 bridgehead atoms. The number of nitrogens with zero attached hydrogens (tertiary/aromatic N) is 1. The lowest BCUT2D eigenvalue weighted by atomic mass is 10.2. The van der Waals surface area contributed by atoms with E-state index in [2.05, 4.69) is 42.5 Å². The van der Waals surface area contributed by atoms with Crippen LogP contribution in [0.5, 0.6) is 0 Å². The molecule has 0 fully saturated rings. The van der Waals surface area contributed by atoms with Crippen molar-refractivity contribution in [2.24, 2.45) is 0 Å². The highest BCUT2D eigenvalue weighted by molar-refractivity contribution is 9.11. The summed E-state index contributed by atoms with van der Waals surface area (Å²) in [7, 11) is 0. The third-order valence-corrected chi connectivity index (χ3v) is 4.56. The summed E-state index contributed by atoms with van der Waals surface area (Å²) in [6.45, 7) is 0. The van der Waals surface area contributed by atoms with E-state index in [1.807, 2.05) is 0 Å². The fraction of sp³-hybridized carbons (Fsp3) is 0. The smallest absolute Gasteiger partial charge is 0.337 e. The maximum absolute atomic E-state index is 12.0. The van der Waals surface area contributed by atoms with Crippen LogP contribution < -0.4 is 10.6 Å². The number of carbonyl (C=O) groups is 2. The molecule has 2 aromatic rings. The largest absolute Gasteiger partial charge is 0.478 e. The number of anilines is 1. The maximum Gasteiger partial charge on any atom is 0.337 e. The first kappa shape index (κ1) is 21.7. The average Bonchev–Trinajstić information content (AvgIpc) is 2.62. The minimum Gasteiger partial charge on any atom is -0.478 e. The van der Waals surface area contributed by atoms with Gasteiger partial charge in [-0.1, -0.05) is 28.1 Å². The number of nitro benzene ring substituents is 1. The lowest BCUT2D eigenvalue weighted by Crippen LogP contribution is -2.33. The summed E-state index contributed by atoms with van der Waals surface area (Å²) in [5.41, 5.74) is 0.502. The van der Waals surface area contributed by atoms with E-state index in [1.165, 1.54) is 30.3 Å². The first-order chi connectivity index (χ1) is 13.2. The highest BCUT2D eigenvalue weighted by Crippen LogP contribution is 2.30.